The molecule has 12 heteroatoms. The van der Waals surface area contributed by atoms with E-state index < -0.39 is 24.2 Å². The molecule has 0 aliphatic heterocycles. The van der Waals surface area contributed by atoms with E-state index in [2.05, 4.69) is 29.6 Å². The van der Waals surface area contributed by atoms with Crippen molar-refractivity contribution in [1.29, 1.82) is 0 Å². The normalized spacial score (nSPS) is 10.6. The number of hydrogen-bond donors (Lipinski definition) is 0. The van der Waals surface area contributed by atoms with Crippen LogP contribution in [0.2, 0.25) is 0 Å². The zero-order valence-corrected chi connectivity index (χ0v) is 26.8. The van der Waals surface area contributed by atoms with Crippen LogP contribution in [0.25, 0.3) is 0 Å². The Morgan fingerprint density at radius 3 is 1.00 bits per heavy atom. The van der Waals surface area contributed by atoms with Gasteiger partial charge in [0.25, 0.3) is 0 Å². The Morgan fingerprint density at radius 1 is 0.413 bits per heavy atom. The summed E-state index contributed by atoms with van der Waals surface area (Å²) in [4.78, 5) is 63.8. The third-order valence-corrected chi connectivity index (χ3v) is 6.98. The smallest absolute Gasteiger partial charge is 0.432 e. The fourth-order valence-electron chi connectivity index (χ4n) is 4.31. The van der Waals surface area contributed by atoms with E-state index in [4.69, 9.17) is 9.47 Å². The summed E-state index contributed by atoms with van der Waals surface area (Å²) >= 11 is 0. The summed E-state index contributed by atoms with van der Waals surface area (Å²) in [7, 11) is 0. The molecule has 0 aliphatic carbocycles. The van der Waals surface area contributed by atoms with Gasteiger partial charge in [0.15, 0.2) is 0 Å². The third kappa shape index (κ3) is 18.6. The minimum absolute atomic E-state index is 0.205. The summed E-state index contributed by atoms with van der Waals surface area (Å²) in [6.45, 7) is 4.19. The van der Waals surface area contributed by atoms with E-state index in [1.807, 2.05) is 13.8 Å². The number of carbonyl (C=O) groups is 4. The van der Waals surface area contributed by atoms with Crippen LogP contribution in [-0.2, 0) is 39.1 Å². The van der Waals surface area contributed by atoms with Crippen LogP contribution in [0, 0.1) is 13.8 Å². The first-order valence-corrected chi connectivity index (χ1v) is 15.9. The van der Waals surface area contributed by atoms with Gasteiger partial charge in [0, 0.05) is 0 Å². The Kier molecular flexibility index (Phi) is 19.9. The van der Waals surface area contributed by atoms with Gasteiger partial charge in [-0.25, -0.2) is 29.0 Å². The second kappa shape index (κ2) is 24.1. The molecule has 0 atom stereocenters. The van der Waals surface area contributed by atoms with E-state index in [1.165, 1.54) is 38.5 Å². The average molecular weight is 647 g/mol. The summed E-state index contributed by atoms with van der Waals surface area (Å²) in [5, 5.41) is 8.40. The molecule has 2 aromatic carbocycles. The molecule has 2 rings (SSSR count). The lowest BCUT2D eigenvalue weighted by molar-refractivity contribution is -0.452. The van der Waals surface area contributed by atoms with Crippen molar-refractivity contribution >= 4 is 24.2 Å². The number of unbranched alkanes of at least 4 members (excludes halogenated alkanes) is 13. The zero-order chi connectivity index (χ0) is 33.2. The summed E-state index contributed by atoms with van der Waals surface area (Å²) < 4.78 is 9.77. The van der Waals surface area contributed by atoms with Crippen molar-refractivity contribution in [2.24, 2.45) is 0 Å². The van der Waals surface area contributed by atoms with Gasteiger partial charge in [0.2, 0.25) is 0 Å². The van der Waals surface area contributed by atoms with E-state index in [0.29, 0.717) is 0 Å². The Morgan fingerprint density at radius 2 is 0.696 bits per heavy atom. The number of aryl methyl sites for hydroxylation is 2. The molecular weight excluding hydrogens is 600 g/mol. The van der Waals surface area contributed by atoms with Crippen molar-refractivity contribution < 1.29 is 58.3 Å². The highest BCUT2D eigenvalue weighted by Crippen LogP contribution is 2.13. The largest absolute Gasteiger partial charge is 0.543 e. The number of hydrogen-bond acceptors (Lipinski definition) is 12. The lowest BCUT2D eigenvalue weighted by Crippen LogP contribution is -2.12. The maximum absolute atomic E-state index is 11.7. The summed E-state index contributed by atoms with van der Waals surface area (Å²) in [5.74, 6) is -1.55. The molecule has 0 saturated heterocycles. The van der Waals surface area contributed by atoms with Gasteiger partial charge in [0.1, 0.15) is 0 Å². The monoisotopic (exact) mass is 646 g/mol. The highest BCUT2D eigenvalue weighted by Gasteiger charge is 2.13. The predicted molar refractivity (Wildman–Crippen MR) is 165 cm³/mol. The number of benzene rings is 2. The van der Waals surface area contributed by atoms with Crippen molar-refractivity contribution in [3.8, 4) is 0 Å². The number of rotatable bonds is 23. The highest BCUT2D eigenvalue weighted by atomic mass is 17.5. The fraction of sp³-hybridized carbons (Fsp3) is 0.529. The van der Waals surface area contributed by atoms with E-state index in [9.17, 15) is 19.2 Å². The molecule has 0 heterocycles. The van der Waals surface area contributed by atoms with Gasteiger partial charge in [-0.15, -0.1) is 0 Å². The minimum atomic E-state index is -1.06. The predicted octanol–water partition coefficient (Wildman–Crippen LogP) is 8.78. The van der Waals surface area contributed by atoms with Crippen molar-refractivity contribution in [2.45, 2.75) is 104 Å². The molecule has 0 N–H and O–H groups in total. The van der Waals surface area contributed by atoms with E-state index in [0.717, 1.165) is 62.5 Å². The minimum Gasteiger partial charge on any atom is -0.432 e. The molecule has 0 amide bonds. The average Bonchev–Trinajstić information content (AvgIpc) is 3.04. The zero-order valence-electron chi connectivity index (χ0n) is 26.8. The first kappa shape index (κ1) is 38.0. The van der Waals surface area contributed by atoms with Crippen molar-refractivity contribution in [3.63, 3.8) is 0 Å². The fourth-order valence-corrected chi connectivity index (χ4v) is 4.31. The summed E-state index contributed by atoms with van der Waals surface area (Å²) in [5.41, 5.74) is 2.53. The second-order valence-corrected chi connectivity index (χ2v) is 10.9. The Hall–Kier alpha value is -4.16. The second-order valence-electron chi connectivity index (χ2n) is 10.9. The van der Waals surface area contributed by atoms with E-state index >= 15 is 0 Å². The Labute approximate surface area is 270 Å². The standard InChI is InChI=1S/C34H46O12/c1-27-17-21-29(22-18-27)31(35)41-45-43-33(37)39-25-15-13-11-9-7-5-3-4-6-8-10-12-14-16-26-40-34(38)44-46-42-32(36)30-23-19-28(2)20-24-30/h17-24H,3-16,25-26H2,1-2H3. The Bertz CT molecular complexity index is 1060. The first-order valence-electron chi connectivity index (χ1n) is 15.9. The number of carbonyl (C=O) groups excluding carboxylic acids is 4. The maximum Gasteiger partial charge on any atom is 0.543 e. The van der Waals surface area contributed by atoms with Crippen molar-refractivity contribution in [2.75, 3.05) is 13.2 Å². The van der Waals surface area contributed by atoms with Crippen LogP contribution in [0.15, 0.2) is 48.5 Å². The van der Waals surface area contributed by atoms with Crippen molar-refractivity contribution in [1.82, 2.24) is 0 Å². The lowest BCUT2D eigenvalue weighted by Gasteiger charge is -2.05. The SMILES string of the molecule is Cc1ccc(C(=O)OOOC(=O)OCCCCCCCCCCCCCCCCOC(=O)OOOC(=O)c2ccc(C)cc2)cc1. The van der Waals surface area contributed by atoms with Crippen LogP contribution < -0.4 is 0 Å². The highest BCUT2D eigenvalue weighted by molar-refractivity contribution is 5.89. The molecule has 0 fully saturated rings. The molecule has 0 aromatic heterocycles. The molecule has 254 valence electrons. The van der Waals surface area contributed by atoms with Crippen LogP contribution in [-0.4, -0.2) is 37.5 Å². The molecular formula is C34H46O12. The lowest BCUT2D eigenvalue weighted by atomic mass is 10.0. The molecule has 0 bridgehead atoms. The van der Waals surface area contributed by atoms with Crippen LogP contribution in [0.1, 0.15) is 122 Å². The van der Waals surface area contributed by atoms with Gasteiger partial charge < -0.3 is 9.47 Å². The van der Waals surface area contributed by atoms with Crippen LogP contribution in [0.5, 0.6) is 0 Å². The van der Waals surface area contributed by atoms with Crippen molar-refractivity contribution in [3.05, 3.63) is 70.8 Å². The Balaban J connectivity index is 1.26. The van der Waals surface area contributed by atoms with Gasteiger partial charge >= 0.3 is 24.2 Å². The van der Waals surface area contributed by atoms with Gasteiger partial charge in [-0.3, -0.25) is 9.78 Å². The van der Waals surface area contributed by atoms with Crippen LogP contribution >= 0.6 is 0 Å². The molecule has 0 unspecified atom stereocenters. The molecule has 0 spiro atoms. The topological polar surface area (TPSA) is 142 Å². The van der Waals surface area contributed by atoms with Gasteiger partial charge in [-0.2, -0.15) is 0 Å². The molecule has 12 nitrogen and oxygen atoms in total. The molecule has 0 aliphatic rings. The number of ether oxygens (including phenoxy) is 2. The van der Waals surface area contributed by atoms with E-state index in [1.54, 1.807) is 48.5 Å². The van der Waals surface area contributed by atoms with Crippen LogP contribution in [0.4, 0.5) is 9.59 Å². The summed E-state index contributed by atoms with van der Waals surface area (Å²) in [6.07, 6.45) is 12.9. The van der Waals surface area contributed by atoms with Gasteiger partial charge in [-0.1, -0.05) is 112 Å². The molecule has 46 heavy (non-hydrogen) atoms. The molecule has 2 aromatic rings. The molecule has 0 saturated carbocycles. The molecule has 0 radical (unpaired) electrons. The van der Waals surface area contributed by atoms with Gasteiger partial charge in [-0.05, 0) is 51.0 Å². The first-order chi connectivity index (χ1) is 22.3. The third-order valence-electron chi connectivity index (χ3n) is 6.98. The maximum atomic E-state index is 11.7. The quantitative estimate of drug-likeness (QED) is 0.0493. The van der Waals surface area contributed by atoms with Gasteiger partial charge in [0.05, 0.1) is 34.4 Å². The summed E-state index contributed by atoms with van der Waals surface area (Å²) in [6, 6.07) is 13.3. The van der Waals surface area contributed by atoms with Crippen LogP contribution in [0.3, 0.4) is 0 Å². The van der Waals surface area contributed by atoms with E-state index in [-0.39, 0.29) is 24.3 Å².